The summed E-state index contributed by atoms with van der Waals surface area (Å²) in [6.07, 6.45) is 4.43. The van der Waals surface area contributed by atoms with Crippen LogP contribution < -0.4 is 0 Å². The number of rotatable bonds is 6. The molecule has 0 unspecified atom stereocenters. The van der Waals surface area contributed by atoms with Crippen LogP contribution in [0.2, 0.25) is 0 Å². The van der Waals surface area contributed by atoms with Gasteiger partial charge < -0.3 is 4.74 Å². The molecule has 0 saturated heterocycles. The molecule has 2 rings (SSSR count). The maximum atomic E-state index is 10.4. The van der Waals surface area contributed by atoms with Crippen molar-refractivity contribution in [2.45, 2.75) is 19.1 Å². The second-order valence-electron chi connectivity index (χ2n) is 4.18. The van der Waals surface area contributed by atoms with Gasteiger partial charge in [-0.2, -0.15) is 0 Å². The molecule has 0 radical (unpaired) electrons. The summed E-state index contributed by atoms with van der Waals surface area (Å²) in [6.45, 7) is 1.09. The van der Waals surface area contributed by atoms with E-state index in [1.807, 2.05) is 42.5 Å². The third-order valence-electron chi connectivity index (χ3n) is 2.78. The van der Waals surface area contributed by atoms with Gasteiger partial charge in [0.25, 0.3) is 0 Å². The minimum absolute atomic E-state index is 0.116. The van der Waals surface area contributed by atoms with E-state index in [4.69, 9.17) is 4.74 Å². The maximum Gasteiger partial charge on any atom is 0.220 e. The third-order valence-corrected chi connectivity index (χ3v) is 2.78. The highest BCUT2D eigenvalue weighted by Crippen LogP contribution is 2.33. The molecule has 1 fully saturated rings. The summed E-state index contributed by atoms with van der Waals surface area (Å²) in [6, 6.07) is 9.57. The van der Waals surface area contributed by atoms with E-state index in [0.717, 1.165) is 5.56 Å². The van der Waals surface area contributed by atoms with E-state index in [2.05, 4.69) is 0 Å². The molecule has 1 aliphatic rings. The van der Waals surface area contributed by atoms with Crippen LogP contribution in [0.1, 0.15) is 12.0 Å². The Morgan fingerprint density at radius 3 is 2.82 bits per heavy atom. The van der Waals surface area contributed by atoms with Crippen molar-refractivity contribution in [2.75, 3.05) is 6.61 Å². The highest BCUT2D eigenvalue weighted by atomic mass is 16.6. The largest absolute Gasteiger partial charge is 0.373 e. The molecule has 0 aromatic heterocycles. The normalized spacial score (nSPS) is 22.8. The Morgan fingerprint density at radius 1 is 1.41 bits per heavy atom. The van der Waals surface area contributed by atoms with Crippen LogP contribution in [0.15, 0.2) is 42.5 Å². The van der Waals surface area contributed by atoms with Crippen molar-refractivity contribution in [3.05, 3.63) is 58.2 Å². The van der Waals surface area contributed by atoms with E-state index in [9.17, 15) is 10.1 Å². The van der Waals surface area contributed by atoms with Crippen molar-refractivity contribution in [1.82, 2.24) is 0 Å². The fourth-order valence-corrected chi connectivity index (χ4v) is 1.70. The zero-order valence-electron chi connectivity index (χ0n) is 9.49. The molecule has 0 N–H and O–H groups in total. The highest BCUT2D eigenvalue weighted by molar-refractivity contribution is 5.13. The van der Waals surface area contributed by atoms with E-state index in [-0.39, 0.29) is 16.9 Å². The minimum Gasteiger partial charge on any atom is -0.373 e. The lowest BCUT2D eigenvalue weighted by atomic mass is 10.2. The Hall–Kier alpha value is -1.68. The van der Waals surface area contributed by atoms with Crippen LogP contribution in [0.5, 0.6) is 0 Å². The quantitative estimate of drug-likeness (QED) is 0.328. The molecule has 1 aromatic rings. The Balaban J connectivity index is 1.61. The summed E-state index contributed by atoms with van der Waals surface area (Å²) >= 11 is 0. The molecular formula is C13H15NO3. The Labute approximate surface area is 100 Å². The summed E-state index contributed by atoms with van der Waals surface area (Å²) in [5.41, 5.74) is 1.13. The van der Waals surface area contributed by atoms with Gasteiger partial charge in [-0.15, -0.1) is 0 Å². The van der Waals surface area contributed by atoms with Gasteiger partial charge in [-0.25, -0.2) is 0 Å². The molecular weight excluding hydrogens is 218 g/mol. The zero-order valence-corrected chi connectivity index (χ0v) is 9.49. The van der Waals surface area contributed by atoms with Crippen LogP contribution in [-0.2, 0) is 11.3 Å². The van der Waals surface area contributed by atoms with Crippen LogP contribution in [0.3, 0.4) is 0 Å². The van der Waals surface area contributed by atoms with E-state index in [1.165, 1.54) is 0 Å². The number of hydrogen-bond acceptors (Lipinski definition) is 3. The van der Waals surface area contributed by atoms with E-state index >= 15 is 0 Å². The molecule has 1 aromatic carbocycles. The van der Waals surface area contributed by atoms with Crippen LogP contribution >= 0.6 is 0 Å². The first-order valence-electron chi connectivity index (χ1n) is 5.69. The lowest BCUT2D eigenvalue weighted by Crippen LogP contribution is -2.02. The van der Waals surface area contributed by atoms with E-state index in [0.29, 0.717) is 19.6 Å². The van der Waals surface area contributed by atoms with Gasteiger partial charge in [0.15, 0.2) is 0 Å². The molecule has 0 spiro atoms. The van der Waals surface area contributed by atoms with E-state index in [1.54, 1.807) is 0 Å². The van der Waals surface area contributed by atoms with Crippen LogP contribution in [-0.4, -0.2) is 17.6 Å². The molecule has 0 bridgehead atoms. The Kier molecular flexibility index (Phi) is 3.88. The summed E-state index contributed by atoms with van der Waals surface area (Å²) in [5.74, 6) is 0.116. The predicted octanol–water partition coefficient (Wildman–Crippen LogP) is 2.42. The van der Waals surface area contributed by atoms with Crippen LogP contribution in [0.4, 0.5) is 0 Å². The lowest BCUT2D eigenvalue weighted by molar-refractivity contribution is -0.497. The predicted molar refractivity (Wildman–Crippen MR) is 64.1 cm³/mol. The van der Waals surface area contributed by atoms with Crippen molar-refractivity contribution in [3.63, 3.8) is 0 Å². The molecule has 1 aliphatic carbocycles. The maximum absolute atomic E-state index is 10.4. The molecule has 17 heavy (non-hydrogen) atoms. The Morgan fingerprint density at radius 2 is 2.18 bits per heavy atom. The van der Waals surface area contributed by atoms with Crippen LogP contribution in [0.25, 0.3) is 0 Å². The van der Waals surface area contributed by atoms with E-state index < -0.39 is 0 Å². The summed E-state index contributed by atoms with van der Waals surface area (Å²) in [4.78, 5) is 10.2. The number of nitro groups is 1. The first-order valence-corrected chi connectivity index (χ1v) is 5.69. The van der Waals surface area contributed by atoms with Crippen molar-refractivity contribution in [3.8, 4) is 0 Å². The smallest absolute Gasteiger partial charge is 0.220 e. The summed E-state index contributed by atoms with van der Waals surface area (Å²) in [5, 5.41) is 10.4. The number of hydrogen-bond donors (Lipinski definition) is 0. The lowest BCUT2D eigenvalue weighted by Gasteiger charge is -2.00. The van der Waals surface area contributed by atoms with Gasteiger partial charge in [-0.3, -0.25) is 10.1 Å². The highest BCUT2D eigenvalue weighted by Gasteiger charge is 2.46. The number of benzene rings is 1. The third kappa shape index (κ3) is 3.67. The number of ether oxygens (including phenoxy) is 1. The van der Waals surface area contributed by atoms with Crippen molar-refractivity contribution < 1.29 is 9.66 Å². The van der Waals surface area contributed by atoms with Crippen molar-refractivity contribution in [1.29, 1.82) is 0 Å². The van der Waals surface area contributed by atoms with Crippen molar-refractivity contribution in [2.24, 2.45) is 5.92 Å². The fraction of sp³-hybridized carbons (Fsp3) is 0.385. The SMILES string of the molecule is O=[N+]([O-])[C@H]1C[C@@H]1/C=C/COCc1ccccc1. The second kappa shape index (κ2) is 5.59. The van der Waals surface area contributed by atoms with Gasteiger partial charge >= 0.3 is 0 Å². The van der Waals surface area contributed by atoms with Gasteiger partial charge in [-0.05, 0) is 5.56 Å². The summed E-state index contributed by atoms with van der Waals surface area (Å²) in [7, 11) is 0. The second-order valence-corrected chi connectivity index (χ2v) is 4.18. The molecule has 4 heteroatoms. The zero-order chi connectivity index (χ0) is 12.1. The first-order chi connectivity index (χ1) is 8.27. The van der Waals surface area contributed by atoms with Gasteiger partial charge in [-0.1, -0.05) is 42.5 Å². The fourth-order valence-electron chi connectivity index (χ4n) is 1.70. The molecule has 2 atom stereocenters. The average Bonchev–Trinajstić information content (AvgIpc) is 3.10. The molecule has 1 saturated carbocycles. The minimum atomic E-state index is -0.361. The molecule has 90 valence electrons. The summed E-state index contributed by atoms with van der Waals surface area (Å²) < 4.78 is 5.44. The van der Waals surface area contributed by atoms with Crippen LogP contribution in [0, 0.1) is 16.0 Å². The number of nitrogens with zero attached hydrogens (tertiary/aromatic N) is 1. The average molecular weight is 233 g/mol. The monoisotopic (exact) mass is 233 g/mol. The topological polar surface area (TPSA) is 52.4 Å². The van der Waals surface area contributed by atoms with Gasteiger partial charge in [0.1, 0.15) is 0 Å². The standard InChI is InChI=1S/C13H15NO3/c15-14(16)13-9-12(13)7-4-8-17-10-11-5-2-1-3-6-11/h1-7,12-13H,8-10H2/b7-4+/t12-,13-/m0/s1. The first kappa shape index (κ1) is 11.8. The molecule has 0 amide bonds. The van der Waals surface area contributed by atoms with Gasteiger partial charge in [0.05, 0.1) is 19.1 Å². The molecule has 0 aliphatic heterocycles. The van der Waals surface area contributed by atoms with Crippen molar-refractivity contribution >= 4 is 0 Å². The molecule has 4 nitrogen and oxygen atoms in total. The van der Waals surface area contributed by atoms with Gasteiger partial charge in [0.2, 0.25) is 6.04 Å². The molecule has 0 heterocycles. The van der Waals surface area contributed by atoms with Gasteiger partial charge in [0, 0.05) is 11.3 Å². The Bertz CT molecular complexity index is 402.